The quantitative estimate of drug-likeness (QED) is 0.152. The Labute approximate surface area is 266 Å². The van der Waals surface area contributed by atoms with Gasteiger partial charge < -0.3 is 35.8 Å². The van der Waals surface area contributed by atoms with Gasteiger partial charge in [-0.1, -0.05) is 72.7 Å². The number of hydrogen-bond donors (Lipinski definition) is 5. The molecule has 1 saturated carbocycles. The van der Waals surface area contributed by atoms with Crippen LogP contribution in [0.25, 0.3) is 11.2 Å². The molecular weight excluding hydrogens is 586 g/mol. The number of aryl methyl sites for hydroxylation is 1. The Morgan fingerprint density at radius 2 is 1.63 bits per heavy atom. The fourth-order valence-electron chi connectivity index (χ4n) is 6.35. The Hall–Kier alpha value is -4.43. The van der Waals surface area contributed by atoms with E-state index in [1.807, 2.05) is 43.3 Å². The SMILES string of the molecule is CCc1noc(C2O[C@@H](n3cnc4c(NCC(c5ccccc5)c5ccccc5)nc(N[C@H]5CC[C@H](N)CC5)nc43)[C@H](O)[C@@H]2O)n1. The highest BCUT2D eigenvalue weighted by Gasteiger charge is 2.47. The summed E-state index contributed by atoms with van der Waals surface area (Å²) in [5, 5.41) is 33.1. The number of aliphatic hydroxyl groups excluding tert-OH is 2. The van der Waals surface area contributed by atoms with Crippen molar-refractivity contribution in [3.63, 3.8) is 0 Å². The molecule has 13 nitrogen and oxygen atoms in total. The molecule has 0 radical (unpaired) electrons. The van der Waals surface area contributed by atoms with Crippen LogP contribution in [-0.2, 0) is 11.2 Å². The summed E-state index contributed by atoms with van der Waals surface area (Å²) in [6.45, 7) is 2.45. The molecule has 1 saturated heterocycles. The van der Waals surface area contributed by atoms with E-state index in [4.69, 9.17) is 25.0 Å². The predicted molar refractivity (Wildman–Crippen MR) is 171 cm³/mol. The van der Waals surface area contributed by atoms with Gasteiger partial charge >= 0.3 is 0 Å². The topological polar surface area (TPSA) is 182 Å². The molecule has 13 heteroatoms. The number of nitrogens with zero attached hydrogens (tertiary/aromatic N) is 6. The lowest BCUT2D eigenvalue weighted by Gasteiger charge is -2.27. The molecule has 2 aromatic carbocycles. The highest BCUT2D eigenvalue weighted by atomic mass is 16.6. The van der Waals surface area contributed by atoms with E-state index in [9.17, 15) is 10.2 Å². The minimum atomic E-state index is -1.30. The van der Waals surface area contributed by atoms with Gasteiger partial charge in [-0.25, -0.2) is 4.98 Å². The van der Waals surface area contributed by atoms with E-state index in [0.717, 1.165) is 25.7 Å². The van der Waals surface area contributed by atoms with Crippen LogP contribution >= 0.6 is 0 Å². The van der Waals surface area contributed by atoms with Crippen molar-refractivity contribution in [2.75, 3.05) is 17.2 Å². The number of imidazole rings is 1. The molecule has 0 amide bonds. The van der Waals surface area contributed by atoms with E-state index in [1.54, 1.807) is 10.9 Å². The van der Waals surface area contributed by atoms with Gasteiger partial charge in [-0.05, 0) is 36.8 Å². The molecule has 240 valence electrons. The van der Waals surface area contributed by atoms with Crippen molar-refractivity contribution in [1.82, 2.24) is 29.7 Å². The maximum absolute atomic E-state index is 11.1. The van der Waals surface area contributed by atoms with Gasteiger partial charge in [0.05, 0.1) is 6.33 Å². The number of fused-ring (bicyclic) bond motifs is 1. The summed E-state index contributed by atoms with van der Waals surface area (Å²) in [5.41, 5.74) is 9.46. The van der Waals surface area contributed by atoms with Crippen molar-refractivity contribution >= 4 is 22.9 Å². The van der Waals surface area contributed by atoms with Gasteiger partial charge in [0.15, 0.2) is 35.1 Å². The molecule has 1 unspecified atom stereocenters. The molecule has 1 aliphatic carbocycles. The summed E-state index contributed by atoms with van der Waals surface area (Å²) < 4.78 is 13.1. The molecule has 0 bridgehead atoms. The highest BCUT2D eigenvalue weighted by Crippen LogP contribution is 2.40. The second kappa shape index (κ2) is 13.1. The number of hydrogen-bond acceptors (Lipinski definition) is 12. The summed E-state index contributed by atoms with van der Waals surface area (Å²) in [4.78, 5) is 18.7. The van der Waals surface area contributed by atoms with Crippen LogP contribution in [0.4, 0.5) is 11.8 Å². The predicted octanol–water partition coefficient (Wildman–Crippen LogP) is 3.69. The number of benzene rings is 2. The first kappa shape index (κ1) is 30.2. The average Bonchev–Trinajstić information content (AvgIpc) is 3.81. The zero-order valence-corrected chi connectivity index (χ0v) is 25.6. The molecule has 46 heavy (non-hydrogen) atoms. The van der Waals surface area contributed by atoms with E-state index in [0.29, 0.717) is 41.7 Å². The van der Waals surface area contributed by atoms with Crippen LogP contribution in [0.1, 0.15) is 73.7 Å². The Kier molecular flexibility index (Phi) is 8.63. The standard InChI is InChI=1S/C33H39N9O4/c1-2-24-38-31(46-41-24)28-26(43)27(44)32(45-28)42-18-36-25-29(39-33(40-30(25)42)37-22-15-13-21(34)14-16-22)35-17-23(19-9-5-3-6-10-19)20-11-7-4-8-12-20/h3-12,18,21-23,26-28,32,43-44H,2,13-17,34H2,1H3,(H2,35,37,39,40)/t21-,22-,26-,27+,28?,32+/m0/s1. The van der Waals surface area contributed by atoms with Gasteiger partial charge in [0.25, 0.3) is 5.89 Å². The van der Waals surface area contributed by atoms with Crippen molar-refractivity contribution < 1.29 is 19.5 Å². The van der Waals surface area contributed by atoms with E-state index < -0.39 is 24.5 Å². The Balaban J connectivity index is 1.23. The maximum atomic E-state index is 11.1. The van der Waals surface area contributed by atoms with Crippen LogP contribution in [0, 0.1) is 0 Å². The monoisotopic (exact) mass is 625 g/mol. The highest BCUT2D eigenvalue weighted by molar-refractivity contribution is 5.84. The van der Waals surface area contributed by atoms with E-state index in [-0.39, 0.29) is 23.9 Å². The van der Waals surface area contributed by atoms with E-state index in [1.165, 1.54) is 11.1 Å². The molecule has 1 aliphatic heterocycles. The molecular formula is C33H39N9O4. The molecule has 5 aromatic rings. The third-order valence-corrected chi connectivity index (χ3v) is 8.96. The molecule has 2 aliphatic rings. The molecule has 2 fully saturated rings. The van der Waals surface area contributed by atoms with Gasteiger partial charge in [-0.2, -0.15) is 15.0 Å². The van der Waals surface area contributed by atoms with Crippen molar-refractivity contribution in [2.45, 2.75) is 81.6 Å². The van der Waals surface area contributed by atoms with Crippen LogP contribution in [0.2, 0.25) is 0 Å². The van der Waals surface area contributed by atoms with Crippen LogP contribution in [0.15, 0.2) is 71.5 Å². The summed E-state index contributed by atoms with van der Waals surface area (Å²) in [5.74, 6) is 1.62. The maximum Gasteiger partial charge on any atom is 0.258 e. The lowest BCUT2D eigenvalue weighted by Crippen LogP contribution is -2.33. The van der Waals surface area contributed by atoms with Gasteiger partial charge in [-0.15, -0.1) is 0 Å². The van der Waals surface area contributed by atoms with Crippen LogP contribution < -0.4 is 16.4 Å². The molecule has 7 rings (SSSR count). The van der Waals surface area contributed by atoms with E-state index >= 15 is 0 Å². The van der Waals surface area contributed by atoms with Gasteiger partial charge in [0.2, 0.25) is 5.95 Å². The second-order valence-electron chi connectivity index (χ2n) is 12.1. The zero-order valence-electron chi connectivity index (χ0n) is 25.6. The number of nitrogens with two attached hydrogens (primary N) is 1. The Morgan fingerprint density at radius 1 is 0.935 bits per heavy atom. The summed E-state index contributed by atoms with van der Waals surface area (Å²) in [6.07, 6.45) is 1.18. The zero-order chi connectivity index (χ0) is 31.6. The second-order valence-corrected chi connectivity index (χ2v) is 12.1. The summed E-state index contributed by atoms with van der Waals surface area (Å²) >= 11 is 0. The molecule has 0 spiro atoms. The van der Waals surface area contributed by atoms with Crippen molar-refractivity contribution in [2.24, 2.45) is 5.73 Å². The Bertz CT molecular complexity index is 1700. The largest absolute Gasteiger partial charge is 0.387 e. The minimum Gasteiger partial charge on any atom is -0.387 e. The van der Waals surface area contributed by atoms with Crippen molar-refractivity contribution in [1.29, 1.82) is 0 Å². The number of anilines is 2. The lowest BCUT2D eigenvalue weighted by atomic mass is 9.91. The van der Waals surface area contributed by atoms with Crippen LogP contribution in [-0.4, -0.2) is 70.7 Å². The minimum absolute atomic E-state index is 0.0454. The average molecular weight is 626 g/mol. The first-order valence-electron chi connectivity index (χ1n) is 15.9. The summed E-state index contributed by atoms with van der Waals surface area (Å²) in [6, 6.07) is 21.1. The number of rotatable bonds is 10. The van der Waals surface area contributed by atoms with Crippen molar-refractivity contribution in [3.8, 4) is 0 Å². The van der Waals surface area contributed by atoms with Crippen LogP contribution in [0.5, 0.6) is 0 Å². The third-order valence-electron chi connectivity index (χ3n) is 8.96. The first-order valence-corrected chi connectivity index (χ1v) is 15.9. The molecule has 4 atom stereocenters. The fourth-order valence-corrected chi connectivity index (χ4v) is 6.35. The smallest absolute Gasteiger partial charge is 0.258 e. The molecule has 3 aromatic heterocycles. The summed E-state index contributed by atoms with van der Waals surface area (Å²) in [7, 11) is 0. The number of nitrogens with one attached hydrogen (secondary N) is 2. The van der Waals surface area contributed by atoms with Crippen molar-refractivity contribution in [3.05, 3.63) is 89.8 Å². The van der Waals surface area contributed by atoms with Gasteiger partial charge in [0.1, 0.15) is 12.2 Å². The number of ether oxygens (including phenoxy) is 1. The number of aliphatic hydroxyl groups is 2. The first-order chi connectivity index (χ1) is 22.5. The van der Waals surface area contributed by atoms with Gasteiger partial charge in [-0.3, -0.25) is 4.57 Å². The third kappa shape index (κ3) is 6.06. The van der Waals surface area contributed by atoms with Crippen LogP contribution in [0.3, 0.4) is 0 Å². The lowest BCUT2D eigenvalue weighted by molar-refractivity contribution is -0.0451. The Morgan fingerprint density at radius 3 is 2.28 bits per heavy atom. The number of aromatic nitrogens is 6. The molecule has 4 heterocycles. The normalized spacial score (nSPS) is 24.9. The van der Waals surface area contributed by atoms with Gasteiger partial charge in [0, 0.05) is 31.0 Å². The molecule has 6 N–H and O–H groups in total. The fraction of sp³-hybridized carbons (Fsp3) is 0.424. The van der Waals surface area contributed by atoms with E-state index in [2.05, 4.69) is 50.0 Å².